The van der Waals surface area contributed by atoms with Crippen LogP contribution in [0.15, 0.2) is 103 Å². The molecular weight excluding hydrogens is 532 g/mol. The Balaban J connectivity index is 1.77. The van der Waals surface area contributed by atoms with E-state index >= 15 is 0 Å². The van der Waals surface area contributed by atoms with Gasteiger partial charge in [0, 0.05) is 10.8 Å². The second-order valence-corrected chi connectivity index (χ2v) is 12.1. The lowest BCUT2D eigenvalue weighted by Gasteiger charge is -2.41. The van der Waals surface area contributed by atoms with E-state index in [1.165, 1.54) is 0 Å². The van der Waals surface area contributed by atoms with Crippen LogP contribution < -0.4 is 0 Å². The van der Waals surface area contributed by atoms with E-state index in [1.807, 2.05) is 70.2 Å². The maximum atomic E-state index is 10.7. The third kappa shape index (κ3) is 5.46. The van der Waals surface area contributed by atoms with E-state index in [9.17, 15) is 20.4 Å². The number of rotatable bonds is 8. The van der Waals surface area contributed by atoms with E-state index in [2.05, 4.69) is 43.3 Å². The molecule has 4 heteroatoms. The lowest BCUT2D eigenvalue weighted by atomic mass is 9.62. The Bertz CT molecular complexity index is 1590. The third-order valence-electron chi connectivity index (χ3n) is 9.24. The predicted octanol–water partition coefficient (Wildman–Crippen LogP) is 8.86. The molecule has 0 spiro atoms. The molecule has 0 radical (unpaired) electrons. The number of hydrogen-bond acceptors (Lipinski definition) is 4. The molecule has 5 aromatic carbocycles. The monoisotopic (exact) mass is 572 g/mol. The normalized spacial score (nSPS) is 11.9. The van der Waals surface area contributed by atoms with Gasteiger partial charge in [-0.3, -0.25) is 0 Å². The van der Waals surface area contributed by atoms with Crippen molar-refractivity contribution in [3.05, 3.63) is 153 Å². The van der Waals surface area contributed by atoms with Crippen LogP contribution in [0.25, 0.3) is 0 Å². The van der Waals surface area contributed by atoms with Gasteiger partial charge in [-0.1, -0.05) is 85.8 Å². The van der Waals surface area contributed by atoms with Crippen LogP contribution in [-0.2, 0) is 10.8 Å². The second-order valence-electron chi connectivity index (χ2n) is 12.1. The average molecular weight is 573 g/mol. The molecule has 0 aliphatic rings. The Morgan fingerprint density at radius 1 is 0.442 bits per heavy atom. The lowest BCUT2D eigenvalue weighted by molar-refractivity contribution is 0.424. The molecule has 4 N–H and O–H groups in total. The van der Waals surface area contributed by atoms with Crippen molar-refractivity contribution in [3.63, 3.8) is 0 Å². The Morgan fingerprint density at radius 3 is 1.16 bits per heavy atom. The highest BCUT2D eigenvalue weighted by atomic mass is 16.3. The van der Waals surface area contributed by atoms with Crippen molar-refractivity contribution in [1.29, 1.82) is 0 Å². The van der Waals surface area contributed by atoms with Crippen LogP contribution >= 0.6 is 0 Å². The van der Waals surface area contributed by atoms with Crippen LogP contribution in [0.1, 0.15) is 69.8 Å². The summed E-state index contributed by atoms with van der Waals surface area (Å²) < 4.78 is 0. The van der Waals surface area contributed by atoms with Gasteiger partial charge in [0.25, 0.3) is 0 Å². The SMILES string of the molecule is Cc1cc(C(C)(CCC(c2ccccc2)(c2ccc(O)cc2)c2ccc(O)cc2)c2cc(C)c(O)c(C)c2)cc(C)c1O. The van der Waals surface area contributed by atoms with E-state index in [0.29, 0.717) is 24.3 Å². The fraction of sp³-hybridized carbons (Fsp3) is 0.231. The molecule has 0 aromatic heterocycles. The molecular formula is C39H40O4. The molecule has 4 nitrogen and oxygen atoms in total. The van der Waals surface area contributed by atoms with Gasteiger partial charge in [-0.05, 0) is 115 Å². The largest absolute Gasteiger partial charge is 0.508 e. The van der Waals surface area contributed by atoms with Gasteiger partial charge in [0.1, 0.15) is 23.0 Å². The van der Waals surface area contributed by atoms with Crippen molar-refractivity contribution >= 4 is 0 Å². The second kappa shape index (κ2) is 11.5. The molecule has 0 heterocycles. The summed E-state index contributed by atoms with van der Waals surface area (Å²) in [5.74, 6) is 1.00. The maximum Gasteiger partial charge on any atom is 0.121 e. The highest BCUT2D eigenvalue weighted by molar-refractivity contribution is 5.55. The molecule has 0 fully saturated rings. The number of benzene rings is 5. The van der Waals surface area contributed by atoms with Gasteiger partial charge in [-0.25, -0.2) is 0 Å². The van der Waals surface area contributed by atoms with Gasteiger partial charge in [0.2, 0.25) is 0 Å². The number of aromatic hydroxyl groups is 4. The number of aryl methyl sites for hydroxylation is 4. The molecule has 0 aliphatic heterocycles. The van der Waals surface area contributed by atoms with E-state index in [0.717, 1.165) is 50.1 Å². The Labute approximate surface area is 254 Å². The third-order valence-corrected chi connectivity index (χ3v) is 9.24. The van der Waals surface area contributed by atoms with Crippen molar-refractivity contribution in [2.75, 3.05) is 0 Å². The molecule has 0 amide bonds. The van der Waals surface area contributed by atoms with Crippen LogP contribution in [-0.4, -0.2) is 20.4 Å². The summed E-state index contributed by atoms with van der Waals surface area (Å²) >= 11 is 0. The fourth-order valence-electron chi connectivity index (χ4n) is 6.59. The molecule has 43 heavy (non-hydrogen) atoms. The van der Waals surface area contributed by atoms with Crippen molar-refractivity contribution in [2.45, 2.75) is 58.3 Å². The Kier molecular flexibility index (Phi) is 7.98. The highest BCUT2D eigenvalue weighted by Gasteiger charge is 2.40. The van der Waals surface area contributed by atoms with Crippen LogP contribution in [0.3, 0.4) is 0 Å². The first-order valence-corrected chi connectivity index (χ1v) is 14.7. The van der Waals surface area contributed by atoms with E-state index in [1.54, 1.807) is 24.3 Å². The zero-order valence-electron chi connectivity index (χ0n) is 25.5. The molecule has 5 aromatic rings. The van der Waals surface area contributed by atoms with Gasteiger partial charge in [-0.2, -0.15) is 0 Å². The molecule has 0 saturated heterocycles. The van der Waals surface area contributed by atoms with Gasteiger partial charge in [0.15, 0.2) is 0 Å². The predicted molar refractivity (Wildman–Crippen MR) is 173 cm³/mol. The van der Waals surface area contributed by atoms with Crippen LogP contribution in [0.4, 0.5) is 0 Å². The average Bonchev–Trinajstić information content (AvgIpc) is 3.00. The molecule has 5 rings (SSSR count). The van der Waals surface area contributed by atoms with Gasteiger partial charge in [-0.15, -0.1) is 0 Å². The fourth-order valence-corrected chi connectivity index (χ4v) is 6.59. The minimum atomic E-state index is -0.619. The zero-order chi connectivity index (χ0) is 30.9. The number of hydrogen-bond donors (Lipinski definition) is 4. The standard InChI is InChI=1S/C39H40O4/c1-25-21-32(22-26(2)36(25)42)38(5,33-23-27(3)37(43)28(4)24-33)19-20-39(29-9-7-6-8-10-29,30-11-15-34(40)16-12-30)31-13-17-35(41)18-14-31/h6-18,21-24,40-43H,19-20H2,1-5H3. The summed E-state index contributed by atoms with van der Waals surface area (Å²) in [6.07, 6.45) is 1.39. The summed E-state index contributed by atoms with van der Waals surface area (Å²) in [5.41, 5.74) is 7.49. The van der Waals surface area contributed by atoms with Crippen LogP contribution in [0.5, 0.6) is 23.0 Å². The summed E-state index contributed by atoms with van der Waals surface area (Å²) in [6.45, 7) is 9.97. The summed E-state index contributed by atoms with van der Waals surface area (Å²) in [6, 6.07) is 33.5. The topological polar surface area (TPSA) is 80.9 Å². The lowest BCUT2D eigenvalue weighted by Crippen LogP contribution is -2.34. The van der Waals surface area contributed by atoms with Gasteiger partial charge < -0.3 is 20.4 Å². The first kappa shape index (κ1) is 29.8. The first-order chi connectivity index (χ1) is 20.5. The molecule has 0 atom stereocenters. The Morgan fingerprint density at radius 2 is 0.791 bits per heavy atom. The van der Waals surface area contributed by atoms with Gasteiger partial charge >= 0.3 is 0 Å². The highest BCUT2D eigenvalue weighted by Crippen LogP contribution is 2.49. The maximum absolute atomic E-state index is 10.7. The summed E-state index contributed by atoms with van der Waals surface area (Å²) in [7, 11) is 0. The minimum absolute atomic E-state index is 0.200. The summed E-state index contributed by atoms with van der Waals surface area (Å²) in [4.78, 5) is 0. The minimum Gasteiger partial charge on any atom is -0.508 e. The molecule has 0 saturated carbocycles. The van der Waals surface area contributed by atoms with Crippen molar-refractivity contribution in [1.82, 2.24) is 0 Å². The zero-order valence-corrected chi connectivity index (χ0v) is 25.5. The van der Waals surface area contributed by atoms with Crippen molar-refractivity contribution in [3.8, 4) is 23.0 Å². The van der Waals surface area contributed by atoms with E-state index in [4.69, 9.17) is 0 Å². The first-order valence-electron chi connectivity index (χ1n) is 14.7. The molecule has 0 aliphatic carbocycles. The Hall–Kier alpha value is -4.70. The summed E-state index contributed by atoms with van der Waals surface area (Å²) in [5, 5.41) is 41.8. The molecule has 0 bridgehead atoms. The van der Waals surface area contributed by atoms with Crippen molar-refractivity contribution in [2.24, 2.45) is 0 Å². The van der Waals surface area contributed by atoms with Crippen molar-refractivity contribution < 1.29 is 20.4 Å². The van der Waals surface area contributed by atoms with E-state index < -0.39 is 10.8 Å². The van der Waals surface area contributed by atoms with Crippen LogP contribution in [0, 0.1) is 27.7 Å². The van der Waals surface area contributed by atoms with Gasteiger partial charge in [0.05, 0.1) is 0 Å². The number of phenols is 4. The quantitative estimate of drug-likeness (QED) is 0.140. The smallest absolute Gasteiger partial charge is 0.121 e. The number of phenolic OH excluding ortho intramolecular Hbond substituents is 4. The van der Waals surface area contributed by atoms with Crippen LogP contribution in [0.2, 0.25) is 0 Å². The molecule has 220 valence electrons. The molecule has 0 unspecified atom stereocenters. The van der Waals surface area contributed by atoms with E-state index in [-0.39, 0.29) is 11.5 Å².